The molecule has 0 aliphatic rings. The monoisotopic (exact) mass is 248 g/mol. The number of ketones is 1. The second-order valence-electron chi connectivity index (χ2n) is 3.58. The van der Waals surface area contributed by atoms with E-state index in [0.29, 0.717) is 5.75 Å². The van der Waals surface area contributed by atoms with Crippen LogP contribution in [0.15, 0.2) is 54.6 Å². The van der Waals surface area contributed by atoms with Gasteiger partial charge in [-0.15, -0.1) is 0 Å². The van der Waals surface area contributed by atoms with E-state index < -0.39 is 12.2 Å². The van der Waals surface area contributed by atoms with Crippen LogP contribution in [-0.4, -0.2) is 12.2 Å². The Morgan fingerprint density at radius 2 is 1.56 bits per heavy atom. The van der Waals surface area contributed by atoms with E-state index in [1.807, 2.05) is 6.07 Å². The van der Waals surface area contributed by atoms with Gasteiger partial charge in [0.15, 0.2) is 0 Å². The van der Waals surface area contributed by atoms with Gasteiger partial charge in [-0.25, -0.2) is 8.78 Å². The lowest BCUT2D eigenvalue weighted by Gasteiger charge is -2.09. The summed E-state index contributed by atoms with van der Waals surface area (Å²) in [5.41, 5.74) is -0.114. The van der Waals surface area contributed by atoms with E-state index in [1.165, 1.54) is 18.2 Å². The summed E-state index contributed by atoms with van der Waals surface area (Å²) in [4.78, 5) is 11.3. The molecule has 0 spiro atoms. The number of alkyl halides is 2. The average Bonchev–Trinajstić information content (AvgIpc) is 2.39. The van der Waals surface area contributed by atoms with Crippen LogP contribution in [0, 0.1) is 0 Å². The normalized spacial score (nSPS) is 10.4. The van der Waals surface area contributed by atoms with E-state index in [2.05, 4.69) is 0 Å². The fourth-order valence-electron chi connectivity index (χ4n) is 1.49. The molecule has 2 rings (SSSR count). The molecular weight excluding hydrogens is 238 g/mol. The van der Waals surface area contributed by atoms with Gasteiger partial charge in [0.05, 0.1) is 5.56 Å². The smallest absolute Gasteiger partial charge is 0.300 e. The Balaban J connectivity index is 2.31. The van der Waals surface area contributed by atoms with Crippen molar-refractivity contribution in [3.05, 3.63) is 60.2 Å². The van der Waals surface area contributed by atoms with Gasteiger partial charge in [-0.2, -0.15) is 0 Å². The van der Waals surface area contributed by atoms with Gasteiger partial charge in [0.1, 0.15) is 11.5 Å². The number of carbonyl (C=O) groups excluding carboxylic acids is 1. The lowest BCUT2D eigenvalue weighted by atomic mass is 10.1. The number of hydrogen-bond donors (Lipinski definition) is 0. The fourth-order valence-corrected chi connectivity index (χ4v) is 1.49. The zero-order valence-electron chi connectivity index (χ0n) is 9.35. The first-order chi connectivity index (χ1) is 8.68. The predicted octanol–water partition coefficient (Wildman–Crippen LogP) is 3.93. The van der Waals surface area contributed by atoms with Crippen molar-refractivity contribution in [2.45, 2.75) is 6.43 Å². The first kappa shape index (κ1) is 12.2. The number of hydrogen-bond acceptors (Lipinski definition) is 2. The van der Waals surface area contributed by atoms with Gasteiger partial charge >= 0.3 is 6.43 Å². The summed E-state index contributed by atoms with van der Waals surface area (Å²) in [5.74, 6) is -0.609. The largest absolute Gasteiger partial charge is 0.457 e. The lowest BCUT2D eigenvalue weighted by Crippen LogP contribution is -2.11. The Morgan fingerprint density at radius 3 is 2.22 bits per heavy atom. The summed E-state index contributed by atoms with van der Waals surface area (Å²) in [7, 11) is 0. The number of ether oxygens (including phenoxy) is 1. The number of halogens is 2. The van der Waals surface area contributed by atoms with Crippen molar-refractivity contribution in [1.82, 2.24) is 0 Å². The van der Waals surface area contributed by atoms with Crippen molar-refractivity contribution in [3.8, 4) is 11.5 Å². The van der Waals surface area contributed by atoms with E-state index in [-0.39, 0.29) is 11.3 Å². The maximum Gasteiger partial charge on any atom is 0.300 e. The molecule has 2 aromatic carbocycles. The van der Waals surface area contributed by atoms with E-state index >= 15 is 0 Å². The third-order valence-corrected chi connectivity index (χ3v) is 2.32. The predicted molar refractivity (Wildman–Crippen MR) is 63.3 cm³/mol. The molecule has 18 heavy (non-hydrogen) atoms. The number of Topliss-reactive ketones (excluding diaryl/α,β-unsaturated/α-hetero) is 1. The van der Waals surface area contributed by atoms with E-state index in [4.69, 9.17) is 4.74 Å². The van der Waals surface area contributed by atoms with Crippen LogP contribution >= 0.6 is 0 Å². The quantitative estimate of drug-likeness (QED) is 0.766. The Kier molecular flexibility index (Phi) is 3.67. The maximum atomic E-state index is 12.4. The topological polar surface area (TPSA) is 26.3 Å². The summed E-state index contributed by atoms with van der Waals surface area (Å²) in [6, 6.07) is 14.7. The van der Waals surface area contributed by atoms with Crippen molar-refractivity contribution in [2.75, 3.05) is 0 Å². The molecule has 0 N–H and O–H groups in total. The summed E-state index contributed by atoms with van der Waals surface area (Å²) in [6.07, 6.45) is -3.04. The van der Waals surface area contributed by atoms with Crippen molar-refractivity contribution >= 4 is 5.78 Å². The van der Waals surface area contributed by atoms with Crippen LogP contribution in [0.3, 0.4) is 0 Å². The Labute approximate surface area is 103 Å². The molecule has 0 amide bonds. The molecule has 2 nitrogen and oxygen atoms in total. The molecule has 0 atom stereocenters. The molecule has 0 radical (unpaired) electrons. The van der Waals surface area contributed by atoms with Gasteiger partial charge in [0, 0.05) is 0 Å². The summed E-state index contributed by atoms with van der Waals surface area (Å²) < 4.78 is 30.3. The molecule has 0 aromatic heterocycles. The summed E-state index contributed by atoms with van der Waals surface area (Å²) in [5, 5.41) is 0. The molecular formula is C14H10F2O2. The van der Waals surface area contributed by atoms with E-state index in [1.54, 1.807) is 30.3 Å². The van der Waals surface area contributed by atoms with Crippen molar-refractivity contribution in [3.63, 3.8) is 0 Å². The van der Waals surface area contributed by atoms with Crippen LogP contribution in [0.1, 0.15) is 10.4 Å². The molecule has 0 unspecified atom stereocenters. The number of carbonyl (C=O) groups is 1. The molecule has 0 aliphatic heterocycles. The SMILES string of the molecule is O=C(c1ccccc1Oc1ccccc1)C(F)F. The first-order valence-corrected chi connectivity index (χ1v) is 5.33. The van der Waals surface area contributed by atoms with Gasteiger partial charge < -0.3 is 4.74 Å². The van der Waals surface area contributed by atoms with E-state index in [9.17, 15) is 13.6 Å². The fraction of sp³-hybridized carbons (Fsp3) is 0.0714. The van der Waals surface area contributed by atoms with Crippen molar-refractivity contribution < 1.29 is 18.3 Å². The lowest BCUT2D eigenvalue weighted by molar-refractivity contribution is 0.0676. The van der Waals surface area contributed by atoms with Crippen LogP contribution in [-0.2, 0) is 0 Å². The minimum absolute atomic E-state index is 0.114. The minimum Gasteiger partial charge on any atom is -0.457 e. The highest BCUT2D eigenvalue weighted by Gasteiger charge is 2.21. The molecule has 92 valence electrons. The highest BCUT2D eigenvalue weighted by Crippen LogP contribution is 2.26. The molecule has 0 fully saturated rings. The van der Waals surface area contributed by atoms with Crippen LogP contribution in [0.4, 0.5) is 8.78 Å². The molecule has 0 saturated carbocycles. The third-order valence-electron chi connectivity index (χ3n) is 2.32. The highest BCUT2D eigenvalue weighted by molar-refractivity contribution is 6.00. The van der Waals surface area contributed by atoms with Gasteiger partial charge in [-0.1, -0.05) is 30.3 Å². The van der Waals surface area contributed by atoms with Gasteiger partial charge in [0.2, 0.25) is 5.78 Å². The minimum atomic E-state index is -3.04. The van der Waals surface area contributed by atoms with Crippen molar-refractivity contribution in [1.29, 1.82) is 0 Å². The molecule has 0 saturated heterocycles. The average molecular weight is 248 g/mol. The molecule has 0 heterocycles. The Morgan fingerprint density at radius 1 is 0.944 bits per heavy atom. The molecule has 4 heteroatoms. The van der Waals surface area contributed by atoms with Crippen molar-refractivity contribution in [2.24, 2.45) is 0 Å². The maximum absolute atomic E-state index is 12.4. The zero-order chi connectivity index (χ0) is 13.0. The first-order valence-electron chi connectivity index (χ1n) is 5.33. The molecule has 0 bridgehead atoms. The van der Waals surface area contributed by atoms with Crippen LogP contribution in [0.5, 0.6) is 11.5 Å². The summed E-state index contributed by atoms with van der Waals surface area (Å²) >= 11 is 0. The van der Waals surface area contributed by atoms with Crippen LogP contribution in [0.2, 0.25) is 0 Å². The number of benzene rings is 2. The summed E-state index contributed by atoms with van der Waals surface area (Å²) in [6.45, 7) is 0. The number of rotatable bonds is 4. The Hall–Kier alpha value is -2.23. The third kappa shape index (κ3) is 2.71. The van der Waals surface area contributed by atoms with Gasteiger partial charge in [-0.3, -0.25) is 4.79 Å². The molecule has 2 aromatic rings. The second-order valence-corrected chi connectivity index (χ2v) is 3.58. The highest BCUT2D eigenvalue weighted by atomic mass is 19.3. The van der Waals surface area contributed by atoms with Crippen LogP contribution in [0.25, 0.3) is 0 Å². The molecule has 0 aliphatic carbocycles. The second kappa shape index (κ2) is 5.40. The Bertz CT molecular complexity index is 539. The standard InChI is InChI=1S/C14H10F2O2/c15-14(16)13(17)11-8-4-5-9-12(11)18-10-6-2-1-3-7-10/h1-9,14H. The zero-order valence-corrected chi connectivity index (χ0v) is 9.35. The van der Waals surface area contributed by atoms with Gasteiger partial charge in [0.25, 0.3) is 0 Å². The van der Waals surface area contributed by atoms with Crippen LogP contribution < -0.4 is 4.74 Å². The van der Waals surface area contributed by atoms with Gasteiger partial charge in [-0.05, 0) is 24.3 Å². The van der Waals surface area contributed by atoms with E-state index in [0.717, 1.165) is 0 Å². The number of para-hydroxylation sites is 2.